The predicted molar refractivity (Wildman–Crippen MR) is 63.9 cm³/mol. The lowest BCUT2D eigenvalue weighted by molar-refractivity contribution is 0.229. The summed E-state index contributed by atoms with van der Waals surface area (Å²) in [5, 5.41) is 12.3. The van der Waals surface area contributed by atoms with E-state index in [4.69, 9.17) is 5.11 Å². The zero-order valence-corrected chi connectivity index (χ0v) is 9.91. The topological polar surface area (TPSA) is 32.3 Å². The molecule has 0 spiro atoms. The van der Waals surface area contributed by atoms with E-state index in [1.165, 1.54) is 6.07 Å². The van der Waals surface area contributed by atoms with Crippen LogP contribution in [-0.4, -0.2) is 23.8 Å². The number of rotatable bonds is 6. The van der Waals surface area contributed by atoms with Crippen molar-refractivity contribution >= 4 is 0 Å². The van der Waals surface area contributed by atoms with Crippen LogP contribution in [0.4, 0.5) is 4.39 Å². The zero-order valence-electron chi connectivity index (χ0n) is 9.91. The minimum atomic E-state index is -0.159. The van der Waals surface area contributed by atoms with Crippen molar-refractivity contribution in [3.8, 4) is 0 Å². The molecule has 2 atom stereocenters. The third-order valence-electron chi connectivity index (χ3n) is 2.72. The molecule has 2 nitrogen and oxygen atoms in total. The van der Waals surface area contributed by atoms with Gasteiger partial charge < -0.3 is 10.4 Å². The quantitative estimate of drug-likeness (QED) is 0.777. The van der Waals surface area contributed by atoms with E-state index < -0.39 is 0 Å². The number of halogens is 1. The Labute approximate surface area is 96.5 Å². The Morgan fingerprint density at radius 3 is 2.62 bits per heavy atom. The van der Waals surface area contributed by atoms with Gasteiger partial charge in [0.05, 0.1) is 6.61 Å². The second kappa shape index (κ2) is 6.61. The van der Waals surface area contributed by atoms with Crippen LogP contribution >= 0.6 is 0 Å². The first-order valence-electron chi connectivity index (χ1n) is 5.77. The fourth-order valence-electron chi connectivity index (χ4n) is 1.75. The van der Waals surface area contributed by atoms with E-state index >= 15 is 0 Å². The number of aliphatic hydroxyl groups excluding tert-OH is 1. The molecule has 0 radical (unpaired) electrons. The molecule has 1 unspecified atom stereocenters. The highest BCUT2D eigenvalue weighted by atomic mass is 19.1. The first kappa shape index (κ1) is 13.1. The van der Waals surface area contributed by atoms with Crippen LogP contribution in [-0.2, 0) is 6.42 Å². The lowest BCUT2D eigenvalue weighted by Gasteiger charge is -2.20. The van der Waals surface area contributed by atoms with E-state index in [9.17, 15) is 4.39 Å². The third-order valence-corrected chi connectivity index (χ3v) is 2.72. The molecular weight excluding hydrogens is 205 g/mol. The van der Waals surface area contributed by atoms with E-state index in [0.29, 0.717) is 6.42 Å². The van der Waals surface area contributed by atoms with Gasteiger partial charge in [-0.25, -0.2) is 4.39 Å². The molecule has 0 saturated heterocycles. The molecule has 90 valence electrons. The summed E-state index contributed by atoms with van der Waals surface area (Å²) in [6.45, 7) is 4.15. The van der Waals surface area contributed by atoms with E-state index in [0.717, 1.165) is 12.0 Å². The van der Waals surface area contributed by atoms with Gasteiger partial charge in [-0.3, -0.25) is 0 Å². The van der Waals surface area contributed by atoms with Gasteiger partial charge in [0.15, 0.2) is 0 Å². The van der Waals surface area contributed by atoms with Crippen molar-refractivity contribution < 1.29 is 9.50 Å². The Morgan fingerprint density at radius 1 is 1.38 bits per heavy atom. The van der Waals surface area contributed by atoms with Crippen LogP contribution < -0.4 is 5.32 Å². The summed E-state index contributed by atoms with van der Waals surface area (Å²) in [5.74, 6) is -0.159. The van der Waals surface area contributed by atoms with Gasteiger partial charge in [0.25, 0.3) is 0 Å². The highest BCUT2D eigenvalue weighted by Crippen LogP contribution is 2.09. The number of benzene rings is 1. The minimum Gasteiger partial charge on any atom is -0.395 e. The van der Waals surface area contributed by atoms with Crippen LogP contribution in [0, 0.1) is 5.82 Å². The summed E-state index contributed by atoms with van der Waals surface area (Å²) in [5.41, 5.74) is 0.718. The summed E-state index contributed by atoms with van der Waals surface area (Å²) in [4.78, 5) is 0. The normalized spacial score (nSPS) is 14.8. The van der Waals surface area contributed by atoms with Gasteiger partial charge in [-0.05, 0) is 31.4 Å². The van der Waals surface area contributed by atoms with E-state index in [2.05, 4.69) is 5.32 Å². The van der Waals surface area contributed by atoms with Gasteiger partial charge >= 0.3 is 0 Å². The fourth-order valence-corrected chi connectivity index (χ4v) is 1.75. The number of hydrogen-bond donors (Lipinski definition) is 2. The molecule has 1 rings (SSSR count). The van der Waals surface area contributed by atoms with Crippen LogP contribution in [0.25, 0.3) is 0 Å². The SMILES string of the molecule is CC[C@@H](CO)NC(C)Cc1ccccc1F. The summed E-state index contributed by atoms with van der Waals surface area (Å²) in [6.07, 6.45) is 1.52. The Hall–Kier alpha value is -0.930. The average molecular weight is 225 g/mol. The largest absolute Gasteiger partial charge is 0.395 e. The predicted octanol–water partition coefficient (Wildman–Crippen LogP) is 2.12. The molecule has 0 amide bonds. The molecule has 0 aromatic heterocycles. The minimum absolute atomic E-state index is 0.0989. The molecule has 16 heavy (non-hydrogen) atoms. The van der Waals surface area contributed by atoms with E-state index in [-0.39, 0.29) is 24.5 Å². The number of nitrogens with one attached hydrogen (secondary N) is 1. The average Bonchev–Trinajstić information content (AvgIpc) is 2.29. The van der Waals surface area contributed by atoms with E-state index in [1.807, 2.05) is 19.9 Å². The fraction of sp³-hybridized carbons (Fsp3) is 0.538. The summed E-state index contributed by atoms with van der Waals surface area (Å²) < 4.78 is 13.4. The second-order valence-electron chi connectivity index (χ2n) is 4.15. The summed E-state index contributed by atoms with van der Waals surface area (Å²) >= 11 is 0. The molecule has 0 saturated carbocycles. The van der Waals surface area contributed by atoms with Crippen LogP contribution in [0.3, 0.4) is 0 Å². The molecule has 3 heteroatoms. The lowest BCUT2D eigenvalue weighted by Crippen LogP contribution is -2.39. The van der Waals surface area contributed by atoms with Crippen molar-refractivity contribution in [1.82, 2.24) is 5.32 Å². The molecule has 0 aliphatic heterocycles. The standard InChI is InChI=1S/C13H20FNO/c1-3-12(9-16)15-10(2)8-11-6-4-5-7-13(11)14/h4-7,10,12,15-16H,3,8-9H2,1-2H3/t10?,12-/m0/s1. The molecule has 2 N–H and O–H groups in total. The first-order chi connectivity index (χ1) is 7.67. The van der Waals surface area contributed by atoms with Gasteiger partial charge in [-0.2, -0.15) is 0 Å². The zero-order chi connectivity index (χ0) is 12.0. The number of hydrogen-bond acceptors (Lipinski definition) is 2. The van der Waals surface area contributed by atoms with Gasteiger partial charge in [-0.15, -0.1) is 0 Å². The summed E-state index contributed by atoms with van der Waals surface area (Å²) in [7, 11) is 0. The maximum atomic E-state index is 13.4. The van der Waals surface area contributed by atoms with Crippen LogP contribution in [0.2, 0.25) is 0 Å². The van der Waals surface area contributed by atoms with Crippen molar-refractivity contribution in [2.45, 2.75) is 38.8 Å². The van der Waals surface area contributed by atoms with Crippen molar-refractivity contribution in [3.05, 3.63) is 35.6 Å². The Bertz CT molecular complexity index is 313. The van der Waals surface area contributed by atoms with Crippen molar-refractivity contribution in [2.24, 2.45) is 0 Å². The van der Waals surface area contributed by atoms with Gasteiger partial charge in [0.2, 0.25) is 0 Å². The van der Waals surface area contributed by atoms with Crippen molar-refractivity contribution in [2.75, 3.05) is 6.61 Å². The van der Waals surface area contributed by atoms with Gasteiger partial charge in [-0.1, -0.05) is 25.1 Å². The Morgan fingerprint density at radius 2 is 2.06 bits per heavy atom. The monoisotopic (exact) mass is 225 g/mol. The Balaban J connectivity index is 2.51. The van der Waals surface area contributed by atoms with Crippen LogP contribution in [0.5, 0.6) is 0 Å². The lowest BCUT2D eigenvalue weighted by atomic mass is 10.1. The highest BCUT2D eigenvalue weighted by molar-refractivity contribution is 5.18. The molecule has 0 aliphatic carbocycles. The van der Waals surface area contributed by atoms with Crippen molar-refractivity contribution in [3.63, 3.8) is 0 Å². The van der Waals surface area contributed by atoms with Gasteiger partial charge in [0, 0.05) is 12.1 Å². The first-order valence-corrected chi connectivity index (χ1v) is 5.77. The highest BCUT2D eigenvalue weighted by Gasteiger charge is 2.11. The van der Waals surface area contributed by atoms with Crippen LogP contribution in [0.15, 0.2) is 24.3 Å². The molecule has 1 aromatic rings. The molecule has 1 aromatic carbocycles. The maximum absolute atomic E-state index is 13.4. The molecule has 0 heterocycles. The summed E-state index contributed by atoms with van der Waals surface area (Å²) in [6, 6.07) is 7.07. The maximum Gasteiger partial charge on any atom is 0.126 e. The van der Waals surface area contributed by atoms with Crippen molar-refractivity contribution in [1.29, 1.82) is 0 Å². The smallest absolute Gasteiger partial charge is 0.126 e. The third kappa shape index (κ3) is 3.91. The van der Waals surface area contributed by atoms with E-state index in [1.54, 1.807) is 12.1 Å². The molecule has 0 aliphatic rings. The second-order valence-corrected chi connectivity index (χ2v) is 4.15. The molecular formula is C13H20FNO. The van der Waals surface area contributed by atoms with Gasteiger partial charge in [0.1, 0.15) is 5.82 Å². The Kier molecular flexibility index (Phi) is 5.43. The molecule has 0 fully saturated rings. The van der Waals surface area contributed by atoms with Crippen LogP contribution in [0.1, 0.15) is 25.8 Å². The molecule has 0 bridgehead atoms. The number of aliphatic hydroxyl groups is 1.